The summed E-state index contributed by atoms with van der Waals surface area (Å²) < 4.78 is 0. The molecule has 1 aliphatic heterocycles. The Morgan fingerprint density at radius 2 is 2.19 bits per heavy atom. The van der Waals surface area contributed by atoms with Gasteiger partial charge in [0.15, 0.2) is 6.04 Å². The Bertz CT molecular complexity index is 463. The highest BCUT2D eigenvalue weighted by molar-refractivity contribution is 6.31. The van der Waals surface area contributed by atoms with Crippen molar-refractivity contribution in [3.63, 3.8) is 0 Å². The number of hydrogen-bond donors (Lipinski definition) is 2. The fourth-order valence-corrected chi connectivity index (χ4v) is 1.67. The molecule has 6 nitrogen and oxygen atoms in total. The van der Waals surface area contributed by atoms with Crippen LogP contribution in [0, 0.1) is 10.1 Å². The molecule has 1 amide bonds. The largest absolute Gasteiger partial charge is 0.367 e. The van der Waals surface area contributed by atoms with Crippen molar-refractivity contribution < 1.29 is 9.72 Å². The van der Waals surface area contributed by atoms with Crippen LogP contribution < -0.4 is 10.6 Å². The first-order chi connectivity index (χ1) is 7.56. The Balaban J connectivity index is 2.25. The second-order valence-corrected chi connectivity index (χ2v) is 3.83. The lowest BCUT2D eigenvalue weighted by molar-refractivity contribution is -0.479. The molecule has 0 fully saturated rings. The van der Waals surface area contributed by atoms with E-state index in [9.17, 15) is 14.9 Å². The Hall–Kier alpha value is -1.82. The molecule has 0 saturated heterocycles. The molecule has 16 heavy (non-hydrogen) atoms. The van der Waals surface area contributed by atoms with Crippen LogP contribution in [0.2, 0.25) is 5.02 Å². The molecule has 1 unspecified atom stereocenters. The number of carbonyl (C=O) groups excluding carboxylic acids is 1. The molecule has 0 aromatic heterocycles. The van der Waals surface area contributed by atoms with Gasteiger partial charge in [-0.2, -0.15) is 0 Å². The summed E-state index contributed by atoms with van der Waals surface area (Å²) in [6, 6.07) is 4.06. The summed E-state index contributed by atoms with van der Waals surface area (Å²) in [7, 11) is 0. The number of anilines is 2. The Morgan fingerprint density at radius 3 is 2.88 bits per heavy atom. The average Bonchev–Trinajstić information content (AvgIpc) is 2.19. The van der Waals surface area contributed by atoms with E-state index < -0.39 is 23.4 Å². The smallest absolute Gasteiger partial charge is 0.253 e. The van der Waals surface area contributed by atoms with Crippen molar-refractivity contribution in [2.45, 2.75) is 6.04 Å². The van der Waals surface area contributed by atoms with E-state index in [0.717, 1.165) is 0 Å². The Kier molecular flexibility index (Phi) is 2.66. The van der Waals surface area contributed by atoms with Crippen LogP contribution >= 0.6 is 11.6 Å². The Labute approximate surface area is 95.7 Å². The summed E-state index contributed by atoms with van der Waals surface area (Å²) in [5.41, 5.74) is 1.17. The fraction of sp³-hybridized carbons (Fsp3) is 0.222. The number of nitrogens with one attached hydrogen (secondary N) is 2. The standard InChI is InChI=1S/C9H8ClN3O3/c10-5-1-2-6-7(3-5)12-9(14)8(11-6)4-13(15)16/h1-3,8,11H,4H2,(H,12,14). The minimum Gasteiger partial charge on any atom is -0.367 e. The summed E-state index contributed by atoms with van der Waals surface area (Å²) in [4.78, 5) is 21.3. The maximum absolute atomic E-state index is 11.5. The second kappa shape index (κ2) is 3.97. The van der Waals surface area contributed by atoms with E-state index in [1.807, 2.05) is 0 Å². The zero-order valence-electron chi connectivity index (χ0n) is 8.07. The molecule has 1 heterocycles. The van der Waals surface area contributed by atoms with Gasteiger partial charge in [0.1, 0.15) is 0 Å². The molecule has 0 spiro atoms. The molecule has 0 saturated carbocycles. The third-order valence-electron chi connectivity index (χ3n) is 2.22. The lowest BCUT2D eigenvalue weighted by Gasteiger charge is -2.24. The zero-order chi connectivity index (χ0) is 11.7. The maximum atomic E-state index is 11.5. The molecule has 1 atom stereocenters. The zero-order valence-corrected chi connectivity index (χ0v) is 8.82. The second-order valence-electron chi connectivity index (χ2n) is 3.39. The van der Waals surface area contributed by atoms with Gasteiger partial charge in [0.2, 0.25) is 6.54 Å². The van der Waals surface area contributed by atoms with Gasteiger partial charge in [0, 0.05) is 9.95 Å². The molecule has 7 heteroatoms. The van der Waals surface area contributed by atoms with Crippen LogP contribution in [0.25, 0.3) is 0 Å². The number of fused-ring (bicyclic) bond motifs is 1. The normalized spacial score (nSPS) is 18.3. The SMILES string of the molecule is O=C1Nc2cc(Cl)ccc2NC1C[N+](=O)[O-]. The monoisotopic (exact) mass is 241 g/mol. The number of amides is 1. The van der Waals surface area contributed by atoms with Gasteiger partial charge in [-0.3, -0.25) is 14.9 Å². The van der Waals surface area contributed by atoms with Gasteiger partial charge in [-0.05, 0) is 18.2 Å². The quantitative estimate of drug-likeness (QED) is 0.605. The van der Waals surface area contributed by atoms with E-state index >= 15 is 0 Å². The highest BCUT2D eigenvalue weighted by Crippen LogP contribution is 2.29. The van der Waals surface area contributed by atoms with Gasteiger partial charge in [-0.15, -0.1) is 0 Å². The van der Waals surface area contributed by atoms with Crippen molar-refractivity contribution in [3.05, 3.63) is 33.3 Å². The maximum Gasteiger partial charge on any atom is 0.253 e. The van der Waals surface area contributed by atoms with Crippen LogP contribution in [0.5, 0.6) is 0 Å². The third kappa shape index (κ3) is 2.06. The van der Waals surface area contributed by atoms with Crippen LogP contribution in [0.15, 0.2) is 18.2 Å². The first-order valence-electron chi connectivity index (χ1n) is 4.55. The summed E-state index contributed by atoms with van der Waals surface area (Å²) in [5, 5.41) is 16.2. The first kappa shape index (κ1) is 10.7. The van der Waals surface area contributed by atoms with Gasteiger partial charge >= 0.3 is 0 Å². The highest BCUT2D eigenvalue weighted by atomic mass is 35.5. The molecule has 0 bridgehead atoms. The summed E-state index contributed by atoms with van der Waals surface area (Å²) in [5.74, 6) is -0.425. The van der Waals surface area contributed by atoms with Crippen LogP contribution in [0.3, 0.4) is 0 Å². The highest BCUT2D eigenvalue weighted by Gasteiger charge is 2.29. The van der Waals surface area contributed by atoms with Crippen LogP contribution in [-0.4, -0.2) is 23.4 Å². The van der Waals surface area contributed by atoms with Gasteiger partial charge in [-0.25, -0.2) is 0 Å². The van der Waals surface area contributed by atoms with Crippen molar-refractivity contribution in [1.82, 2.24) is 0 Å². The number of carbonyl (C=O) groups is 1. The molecule has 1 aromatic carbocycles. The van der Waals surface area contributed by atoms with Crippen molar-refractivity contribution in [2.24, 2.45) is 0 Å². The van der Waals surface area contributed by atoms with E-state index in [2.05, 4.69) is 10.6 Å². The van der Waals surface area contributed by atoms with E-state index in [4.69, 9.17) is 11.6 Å². The van der Waals surface area contributed by atoms with Crippen LogP contribution in [-0.2, 0) is 4.79 Å². The predicted molar refractivity (Wildman–Crippen MR) is 59.4 cm³/mol. The van der Waals surface area contributed by atoms with E-state index in [-0.39, 0.29) is 0 Å². The van der Waals surface area contributed by atoms with E-state index in [1.165, 1.54) is 0 Å². The van der Waals surface area contributed by atoms with E-state index in [0.29, 0.717) is 16.4 Å². The minimum atomic E-state index is -0.844. The van der Waals surface area contributed by atoms with Gasteiger partial charge in [0.25, 0.3) is 5.91 Å². The fourth-order valence-electron chi connectivity index (χ4n) is 1.50. The third-order valence-corrected chi connectivity index (χ3v) is 2.45. The first-order valence-corrected chi connectivity index (χ1v) is 4.93. The van der Waals surface area contributed by atoms with Crippen molar-refractivity contribution in [2.75, 3.05) is 17.2 Å². The topological polar surface area (TPSA) is 84.3 Å². The number of rotatable bonds is 2. The van der Waals surface area contributed by atoms with Crippen molar-refractivity contribution >= 4 is 28.9 Å². The minimum absolute atomic E-state index is 0.425. The van der Waals surface area contributed by atoms with Crippen molar-refractivity contribution in [3.8, 4) is 0 Å². The number of halogens is 1. The van der Waals surface area contributed by atoms with Gasteiger partial charge in [-0.1, -0.05) is 11.6 Å². The average molecular weight is 242 g/mol. The Morgan fingerprint density at radius 1 is 1.44 bits per heavy atom. The van der Waals surface area contributed by atoms with Crippen LogP contribution in [0.4, 0.5) is 11.4 Å². The lowest BCUT2D eigenvalue weighted by atomic mass is 10.1. The van der Waals surface area contributed by atoms with Gasteiger partial charge in [0.05, 0.1) is 11.4 Å². The molecule has 0 radical (unpaired) electrons. The molecule has 1 aromatic rings. The lowest BCUT2D eigenvalue weighted by Crippen LogP contribution is -2.43. The summed E-state index contributed by atoms with van der Waals surface area (Å²) >= 11 is 5.76. The molecular weight excluding hydrogens is 234 g/mol. The predicted octanol–water partition coefficient (Wildman–Crippen LogP) is 1.35. The number of hydrogen-bond acceptors (Lipinski definition) is 4. The number of nitrogens with zero attached hydrogens (tertiary/aromatic N) is 1. The molecule has 84 valence electrons. The van der Waals surface area contributed by atoms with Crippen LogP contribution in [0.1, 0.15) is 0 Å². The molecule has 0 aliphatic carbocycles. The number of benzene rings is 1. The molecular formula is C9H8ClN3O3. The molecule has 2 rings (SSSR count). The number of nitro groups is 1. The van der Waals surface area contributed by atoms with Gasteiger partial charge < -0.3 is 10.6 Å². The summed E-state index contributed by atoms with van der Waals surface area (Å²) in [6.45, 7) is -0.450. The van der Waals surface area contributed by atoms with E-state index in [1.54, 1.807) is 18.2 Å². The molecule has 1 aliphatic rings. The molecule has 2 N–H and O–H groups in total. The summed E-state index contributed by atoms with van der Waals surface area (Å²) in [6.07, 6.45) is 0. The van der Waals surface area contributed by atoms with Crippen molar-refractivity contribution in [1.29, 1.82) is 0 Å².